The van der Waals surface area contributed by atoms with E-state index in [2.05, 4.69) is 5.32 Å². The Labute approximate surface area is 121 Å². The molecule has 0 aliphatic heterocycles. The molecular formula is C14H16ClNO4. The van der Waals surface area contributed by atoms with E-state index < -0.39 is 0 Å². The molecule has 1 amide bonds. The molecule has 0 spiro atoms. The standard InChI is InChI=1S/C14H16ClNO4/c1-19-14(18)11-7-2-3-8(6-7)12(11)16-13(17)9-4-5-10(15)20-9/h4-5,7-8,11-12H,2-3,6H2,1H3,(H,16,17). The molecule has 20 heavy (non-hydrogen) atoms. The minimum absolute atomic E-state index is 0.168. The molecule has 6 heteroatoms. The number of fused-ring (bicyclic) bond motifs is 2. The first kappa shape index (κ1) is 13.5. The largest absolute Gasteiger partial charge is 0.469 e. The predicted molar refractivity (Wildman–Crippen MR) is 71.3 cm³/mol. The smallest absolute Gasteiger partial charge is 0.311 e. The van der Waals surface area contributed by atoms with E-state index in [1.54, 1.807) is 0 Å². The number of rotatable bonds is 3. The van der Waals surface area contributed by atoms with Crippen LogP contribution in [0.25, 0.3) is 0 Å². The van der Waals surface area contributed by atoms with Crippen LogP contribution in [0.1, 0.15) is 29.8 Å². The summed E-state index contributed by atoms with van der Waals surface area (Å²) in [5.74, 6) is 0.0225. The van der Waals surface area contributed by atoms with Gasteiger partial charge in [0.25, 0.3) is 5.91 Å². The molecule has 2 saturated carbocycles. The normalized spacial score (nSPS) is 31.3. The Kier molecular flexibility index (Phi) is 3.46. The van der Waals surface area contributed by atoms with E-state index in [1.165, 1.54) is 19.2 Å². The van der Waals surface area contributed by atoms with Gasteiger partial charge in [0.15, 0.2) is 11.0 Å². The van der Waals surface area contributed by atoms with Crippen molar-refractivity contribution in [2.45, 2.75) is 25.3 Å². The van der Waals surface area contributed by atoms with Crippen LogP contribution in [0.5, 0.6) is 0 Å². The zero-order valence-electron chi connectivity index (χ0n) is 11.1. The number of hydrogen-bond donors (Lipinski definition) is 1. The van der Waals surface area contributed by atoms with Gasteiger partial charge < -0.3 is 14.5 Å². The fourth-order valence-corrected chi connectivity index (χ4v) is 3.78. The SMILES string of the molecule is COC(=O)C1C2CCC(C2)C1NC(=O)c1ccc(Cl)o1. The van der Waals surface area contributed by atoms with Gasteiger partial charge in [-0.2, -0.15) is 0 Å². The van der Waals surface area contributed by atoms with Crippen molar-refractivity contribution in [2.24, 2.45) is 17.8 Å². The number of amides is 1. The Morgan fingerprint density at radius 2 is 2.10 bits per heavy atom. The van der Waals surface area contributed by atoms with Crippen molar-refractivity contribution < 1.29 is 18.7 Å². The summed E-state index contributed by atoms with van der Waals surface area (Å²) >= 11 is 5.66. The van der Waals surface area contributed by atoms with Gasteiger partial charge in [-0.25, -0.2) is 0 Å². The zero-order chi connectivity index (χ0) is 14.3. The number of carbonyl (C=O) groups excluding carboxylic acids is 2. The van der Waals surface area contributed by atoms with Crippen molar-refractivity contribution in [2.75, 3.05) is 7.11 Å². The van der Waals surface area contributed by atoms with Crippen molar-refractivity contribution >= 4 is 23.5 Å². The summed E-state index contributed by atoms with van der Waals surface area (Å²) in [7, 11) is 1.39. The number of methoxy groups -OCH3 is 1. The lowest BCUT2D eigenvalue weighted by Gasteiger charge is -2.29. The second-order valence-electron chi connectivity index (χ2n) is 5.49. The minimum atomic E-state index is -0.330. The van der Waals surface area contributed by atoms with E-state index in [0.29, 0.717) is 11.8 Å². The Balaban J connectivity index is 1.75. The van der Waals surface area contributed by atoms with Gasteiger partial charge in [0.2, 0.25) is 0 Å². The van der Waals surface area contributed by atoms with Gasteiger partial charge in [-0.05, 0) is 54.8 Å². The second kappa shape index (κ2) is 5.13. The first-order chi connectivity index (χ1) is 9.60. The molecule has 3 rings (SSSR count). The number of ether oxygens (including phenoxy) is 1. The van der Waals surface area contributed by atoms with Gasteiger partial charge in [0.1, 0.15) is 0 Å². The predicted octanol–water partition coefficient (Wildman–Crippen LogP) is 2.25. The Hall–Kier alpha value is -1.49. The quantitative estimate of drug-likeness (QED) is 0.869. The summed E-state index contributed by atoms with van der Waals surface area (Å²) in [6, 6.07) is 2.88. The number of esters is 1. The lowest BCUT2D eigenvalue weighted by Crippen LogP contribution is -2.47. The van der Waals surface area contributed by atoms with Gasteiger partial charge in [-0.15, -0.1) is 0 Å². The van der Waals surface area contributed by atoms with Crippen molar-refractivity contribution in [3.05, 3.63) is 23.1 Å². The molecule has 1 heterocycles. The Bertz CT molecular complexity index is 541. The van der Waals surface area contributed by atoms with Crippen LogP contribution >= 0.6 is 11.6 Å². The highest BCUT2D eigenvalue weighted by Gasteiger charge is 2.52. The summed E-state index contributed by atoms with van der Waals surface area (Å²) in [6.45, 7) is 0. The molecule has 1 aromatic rings. The summed E-state index contributed by atoms with van der Waals surface area (Å²) in [4.78, 5) is 24.0. The first-order valence-electron chi connectivity index (χ1n) is 6.74. The van der Waals surface area contributed by atoms with E-state index in [4.69, 9.17) is 20.8 Å². The van der Waals surface area contributed by atoms with Gasteiger partial charge >= 0.3 is 5.97 Å². The molecule has 2 aliphatic carbocycles. The van der Waals surface area contributed by atoms with Gasteiger partial charge in [0, 0.05) is 6.04 Å². The highest BCUT2D eigenvalue weighted by molar-refractivity contribution is 6.29. The fraction of sp³-hybridized carbons (Fsp3) is 0.571. The van der Waals surface area contributed by atoms with E-state index in [1.807, 2.05) is 0 Å². The summed E-state index contributed by atoms with van der Waals surface area (Å²) < 4.78 is 9.97. The average Bonchev–Trinajstić information content (AvgIpc) is 3.13. The number of hydrogen-bond acceptors (Lipinski definition) is 4. The van der Waals surface area contributed by atoms with E-state index in [0.717, 1.165) is 19.3 Å². The van der Waals surface area contributed by atoms with Crippen LogP contribution in [0.4, 0.5) is 0 Å². The molecule has 2 bridgehead atoms. The lowest BCUT2D eigenvalue weighted by molar-refractivity contribution is -0.148. The van der Waals surface area contributed by atoms with E-state index in [-0.39, 0.29) is 34.8 Å². The monoisotopic (exact) mass is 297 g/mol. The highest BCUT2D eigenvalue weighted by Crippen LogP contribution is 2.49. The van der Waals surface area contributed by atoms with E-state index >= 15 is 0 Å². The molecule has 4 unspecified atom stereocenters. The molecule has 1 aromatic heterocycles. The van der Waals surface area contributed by atoms with Crippen LogP contribution in [-0.4, -0.2) is 25.0 Å². The third-order valence-corrected chi connectivity index (χ3v) is 4.69. The average molecular weight is 298 g/mol. The number of carbonyl (C=O) groups is 2. The molecule has 108 valence electrons. The minimum Gasteiger partial charge on any atom is -0.469 e. The van der Waals surface area contributed by atoms with Crippen LogP contribution in [0.15, 0.2) is 16.5 Å². The van der Waals surface area contributed by atoms with Crippen LogP contribution in [0.2, 0.25) is 5.22 Å². The van der Waals surface area contributed by atoms with Gasteiger partial charge in [-0.1, -0.05) is 0 Å². The van der Waals surface area contributed by atoms with Crippen molar-refractivity contribution in [3.63, 3.8) is 0 Å². The number of nitrogens with one attached hydrogen (secondary N) is 1. The Morgan fingerprint density at radius 3 is 2.75 bits per heavy atom. The van der Waals surface area contributed by atoms with Crippen molar-refractivity contribution in [1.82, 2.24) is 5.32 Å². The fourth-order valence-electron chi connectivity index (χ4n) is 3.63. The van der Waals surface area contributed by atoms with Crippen LogP contribution in [-0.2, 0) is 9.53 Å². The molecule has 0 radical (unpaired) electrons. The zero-order valence-corrected chi connectivity index (χ0v) is 11.9. The molecule has 1 N–H and O–H groups in total. The number of halogens is 1. The van der Waals surface area contributed by atoms with Gasteiger partial charge in [-0.3, -0.25) is 9.59 Å². The highest BCUT2D eigenvalue weighted by atomic mass is 35.5. The van der Waals surface area contributed by atoms with Gasteiger partial charge in [0.05, 0.1) is 13.0 Å². The van der Waals surface area contributed by atoms with Crippen LogP contribution in [0.3, 0.4) is 0 Å². The Morgan fingerprint density at radius 1 is 1.35 bits per heavy atom. The van der Waals surface area contributed by atoms with Crippen molar-refractivity contribution in [1.29, 1.82) is 0 Å². The third kappa shape index (κ3) is 2.20. The molecule has 0 aromatic carbocycles. The summed E-state index contributed by atoms with van der Waals surface area (Å²) in [5.41, 5.74) is 0. The lowest BCUT2D eigenvalue weighted by atomic mass is 9.84. The molecule has 2 aliphatic rings. The topological polar surface area (TPSA) is 68.5 Å². The first-order valence-corrected chi connectivity index (χ1v) is 7.12. The van der Waals surface area contributed by atoms with Crippen molar-refractivity contribution in [3.8, 4) is 0 Å². The third-order valence-electron chi connectivity index (χ3n) is 4.48. The summed E-state index contributed by atoms with van der Waals surface area (Å²) in [5, 5.41) is 3.09. The van der Waals surface area contributed by atoms with E-state index in [9.17, 15) is 9.59 Å². The van der Waals surface area contributed by atoms with Crippen LogP contribution in [0, 0.1) is 17.8 Å². The molecule has 0 saturated heterocycles. The molecule has 2 fully saturated rings. The maximum absolute atomic E-state index is 12.1. The molecule has 4 atom stereocenters. The molecule has 5 nitrogen and oxygen atoms in total. The number of furan rings is 1. The molecular weight excluding hydrogens is 282 g/mol. The maximum atomic E-state index is 12.1. The maximum Gasteiger partial charge on any atom is 0.311 e. The second-order valence-corrected chi connectivity index (χ2v) is 5.86. The van der Waals surface area contributed by atoms with Crippen LogP contribution < -0.4 is 5.32 Å². The summed E-state index contributed by atoms with van der Waals surface area (Å²) in [6.07, 6.45) is 3.05.